The number of hydrogen-bond donors (Lipinski definition) is 1. The van der Waals surface area contributed by atoms with Crippen LogP contribution < -0.4 is 10.2 Å². The fraction of sp³-hybridized carbons (Fsp3) is 0.611. The number of nitrogens with one attached hydrogen (secondary N) is 1. The summed E-state index contributed by atoms with van der Waals surface area (Å²) in [4.78, 5) is 16.5. The van der Waals surface area contributed by atoms with Crippen molar-refractivity contribution in [3.8, 4) is 0 Å². The number of para-hydroxylation sites is 1. The molecule has 0 radical (unpaired) electrons. The molecule has 2 saturated heterocycles. The van der Waals surface area contributed by atoms with Gasteiger partial charge in [0, 0.05) is 37.9 Å². The smallest absolute Gasteiger partial charge is 0.317 e. The fourth-order valence-electron chi connectivity index (χ4n) is 3.59. The first-order valence-corrected chi connectivity index (χ1v) is 10.8. The largest absolute Gasteiger partial charge is 0.368 e. The van der Waals surface area contributed by atoms with Crippen LogP contribution in [0.1, 0.15) is 31.7 Å². The summed E-state index contributed by atoms with van der Waals surface area (Å²) in [6, 6.07) is 8.06. The zero-order valence-electron chi connectivity index (χ0n) is 14.9. The molecule has 0 spiro atoms. The first-order chi connectivity index (χ1) is 11.9. The van der Waals surface area contributed by atoms with Crippen LogP contribution in [0.5, 0.6) is 0 Å². The van der Waals surface area contributed by atoms with Crippen molar-refractivity contribution >= 4 is 21.6 Å². The number of urea groups is 1. The number of carbonyl (C=O) groups excluding carboxylic acids is 1. The van der Waals surface area contributed by atoms with Gasteiger partial charge in [-0.25, -0.2) is 13.2 Å². The van der Waals surface area contributed by atoms with E-state index in [2.05, 4.69) is 48.3 Å². The molecular weight excluding hydrogens is 338 g/mol. The third-order valence-electron chi connectivity index (χ3n) is 5.03. The van der Waals surface area contributed by atoms with Gasteiger partial charge >= 0.3 is 6.03 Å². The Bertz CT molecular complexity index is 725. The monoisotopic (exact) mass is 365 g/mol. The maximum absolute atomic E-state index is 12.4. The van der Waals surface area contributed by atoms with Crippen molar-refractivity contribution in [1.82, 2.24) is 10.2 Å². The lowest BCUT2D eigenvalue weighted by Crippen LogP contribution is -2.53. The Kier molecular flexibility index (Phi) is 5.22. The maximum Gasteiger partial charge on any atom is 0.317 e. The van der Waals surface area contributed by atoms with Crippen LogP contribution in [0.4, 0.5) is 10.5 Å². The van der Waals surface area contributed by atoms with Gasteiger partial charge in [-0.3, -0.25) is 0 Å². The van der Waals surface area contributed by atoms with Gasteiger partial charge in [0.25, 0.3) is 0 Å². The van der Waals surface area contributed by atoms with Gasteiger partial charge in [-0.05, 0) is 24.0 Å². The second kappa shape index (κ2) is 7.23. The average Bonchev–Trinajstić information content (AvgIpc) is 2.93. The van der Waals surface area contributed by atoms with Gasteiger partial charge in [-0.15, -0.1) is 0 Å². The quantitative estimate of drug-likeness (QED) is 0.887. The predicted molar refractivity (Wildman–Crippen MR) is 99.9 cm³/mol. The second-order valence-corrected chi connectivity index (χ2v) is 9.47. The summed E-state index contributed by atoms with van der Waals surface area (Å²) < 4.78 is 23.0. The molecule has 2 amide bonds. The summed E-state index contributed by atoms with van der Waals surface area (Å²) >= 11 is 0. The highest BCUT2D eigenvalue weighted by Gasteiger charge is 2.31. The average molecular weight is 365 g/mol. The van der Waals surface area contributed by atoms with Crippen molar-refractivity contribution < 1.29 is 13.2 Å². The molecule has 1 atom stereocenters. The number of hydrogen-bond acceptors (Lipinski definition) is 4. The van der Waals surface area contributed by atoms with Crippen LogP contribution in [0.3, 0.4) is 0 Å². The molecule has 1 aromatic carbocycles. The van der Waals surface area contributed by atoms with Gasteiger partial charge in [-0.2, -0.15) is 0 Å². The van der Waals surface area contributed by atoms with Crippen molar-refractivity contribution in [2.24, 2.45) is 0 Å². The highest BCUT2D eigenvalue weighted by molar-refractivity contribution is 7.91. The number of amides is 2. The van der Waals surface area contributed by atoms with Crippen molar-refractivity contribution in [3.63, 3.8) is 0 Å². The lowest BCUT2D eigenvalue weighted by atomic mass is 10.00. The molecule has 0 saturated carbocycles. The summed E-state index contributed by atoms with van der Waals surface area (Å²) in [5, 5.41) is 2.88. The standard InChI is InChI=1S/C18H27N3O3S/c1-14(2)16-5-3-4-6-17(16)20-8-10-21(11-9-20)18(22)19-15-7-12-25(23,24)13-15/h3-6,14-15H,7-13H2,1-2H3,(H,19,22). The zero-order chi connectivity index (χ0) is 18.0. The van der Waals surface area contributed by atoms with Crippen LogP contribution in [-0.2, 0) is 9.84 Å². The molecule has 2 aliphatic rings. The molecule has 25 heavy (non-hydrogen) atoms. The molecule has 0 bridgehead atoms. The van der Waals surface area contributed by atoms with Gasteiger partial charge in [0.1, 0.15) is 0 Å². The van der Waals surface area contributed by atoms with Crippen molar-refractivity contribution in [2.45, 2.75) is 32.2 Å². The Morgan fingerprint density at radius 3 is 2.44 bits per heavy atom. The fourth-order valence-corrected chi connectivity index (χ4v) is 5.26. The number of piperazine rings is 1. The third kappa shape index (κ3) is 4.26. The molecule has 138 valence electrons. The summed E-state index contributed by atoms with van der Waals surface area (Å²) in [5.41, 5.74) is 2.58. The highest BCUT2D eigenvalue weighted by atomic mass is 32.2. The van der Waals surface area contributed by atoms with E-state index < -0.39 is 9.84 Å². The van der Waals surface area contributed by atoms with E-state index in [1.807, 2.05) is 0 Å². The molecule has 7 heteroatoms. The molecule has 3 rings (SSSR count). The number of nitrogens with zero attached hydrogens (tertiary/aromatic N) is 2. The Labute approximate surface area is 150 Å². The topological polar surface area (TPSA) is 69.7 Å². The van der Waals surface area contributed by atoms with E-state index in [1.54, 1.807) is 4.90 Å². The van der Waals surface area contributed by atoms with Crippen LogP contribution in [-0.4, -0.2) is 63.1 Å². The van der Waals surface area contributed by atoms with Crippen molar-refractivity contribution in [3.05, 3.63) is 29.8 Å². The second-order valence-electron chi connectivity index (χ2n) is 7.24. The Hall–Kier alpha value is -1.76. The number of carbonyl (C=O) groups is 1. The summed E-state index contributed by atoms with van der Waals surface area (Å²) in [7, 11) is -2.97. The number of benzene rings is 1. The van der Waals surface area contributed by atoms with E-state index in [-0.39, 0.29) is 23.6 Å². The molecule has 2 fully saturated rings. The van der Waals surface area contributed by atoms with Crippen LogP contribution in [0.2, 0.25) is 0 Å². The Morgan fingerprint density at radius 2 is 1.84 bits per heavy atom. The lowest BCUT2D eigenvalue weighted by Gasteiger charge is -2.37. The van der Waals surface area contributed by atoms with Crippen LogP contribution in [0, 0.1) is 0 Å². The highest BCUT2D eigenvalue weighted by Crippen LogP contribution is 2.28. The number of anilines is 1. The zero-order valence-corrected chi connectivity index (χ0v) is 15.8. The molecule has 1 unspecified atom stereocenters. The minimum atomic E-state index is -2.97. The number of rotatable bonds is 3. The van der Waals surface area contributed by atoms with Gasteiger partial charge in [0.05, 0.1) is 11.5 Å². The minimum Gasteiger partial charge on any atom is -0.368 e. The van der Waals surface area contributed by atoms with E-state index >= 15 is 0 Å². The molecule has 6 nitrogen and oxygen atoms in total. The van der Waals surface area contributed by atoms with Crippen LogP contribution in [0.25, 0.3) is 0 Å². The third-order valence-corrected chi connectivity index (χ3v) is 6.79. The molecule has 0 aromatic heterocycles. The summed E-state index contributed by atoms with van der Waals surface area (Å²) in [5.74, 6) is 0.708. The van der Waals surface area contributed by atoms with E-state index in [1.165, 1.54) is 11.3 Å². The van der Waals surface area contributed by atoms with Gasteiger partial charge in [-0.1, -0.05) is 32.0 Å². The number of sulfone groups is 1. The minimum absolute atomic E-state index is 0.0699. The van der Waals surface area contributed by atoms with E-state index in [4.69, 9.17) is 0 Å². The maximum atomic E-state index is 12.4. The lowest BCUT2D eigenvalue weighted by molar-refractivity contribution is 0.191. The molecule has 2 heterocycles. The predicted octanol–water partition coefficient (Wildman–Crippen LogP) is 1.83. The van der Waals surface area contributed by atoms with Crippen molar-refractivity contribution in [2.75, 3.05) is 42.6 Å². The van der Waals surface area contributed by atoms with Gasteiger partial charge in [0.15, 0.2) is 9.84 Å². The molecule has 1 N–H and O–H groups in total. The Balaban J connectivity index is 1.56. The van der Waals surface area contributed by atoms with Gasteiger partial charge in [0.2, 0.25) is 0 Å². The Morgan fingerprint density at radius 1 is 1.16 bits per heavy atom. The van der Waals surface area contributed by atoms with E-state index in [0.717, 1.165) is 13.1 Å². The summed E-state index contributed by atoms with van der Waals surface area (Å²) in [6.45, 7) is 7.27. The first-order valence-electron chi connectivity index (χ1n) is 8.95. The van der Waals surface area contributed by atoms with Crippen molar-refractivity contribution in [1.29, 1.82) is 0 Å². The molecule has 1 aromatic rings. The SMILES string of the molecule is CC(C)c1ccccc1N1CCN(C(=O)NC2CCS(=O)(=O)C2)CC1. The molecule has 2 aliphatic heterocycles. The van der Waals surface area contributed by atoms with E-state index in [9.17, 15) is 13.2 Å². The van der Waals surface area contributed by atoms with Crippen LogP contribution >= 0.6 is 0 Å². The van der Waals surface area contributed by atoms with Gasteiger partial charge < -0.3 is 15.1 Å². The molecule has 0 aliphatic carbocycles. The molecular formula is C18H27N3O3S. The van der Waals surface area contributed by atoms with E-state index in [0.29, 0.717) is 25.4 Å². The summed E-state index contributed by atoms with van der Waals surface area (Å²) in [6.07, 6.45) is 0.524. The van der Waals surface area contributed by atoms with Crippen LogP contribution in [0.15, 0.2) is 24.3 Å². The first kappa shape index (κ1) is 18.0. The normalized spacial score (nSPS) is 23.1.